The Bertz CT molecular complexity index is 1100. The molecule has 0 bridgehead atoms. The Morgan fingerprint density at radius 1 is 1.15 bits per heavy atom. The van der Waals surface area contributed by atoms with E-state index in [4.69, 9.17) is 9.52 Å². The molecule has 142 valence electrons. The number of hydrogen-bond donors (Lipinski definition) is 3. The fraction of sp³-hybridized carbons (Fsp3) is 0.211. The van der Waals surface area contributed by atoms with Gasteiger partial charge in [-0.2, -0.15) is 0 Å². The molecule has 0 radical (unpaired) electrons. The molecule has 0 spiro atoms. The van der Waals surface area contributed by atoms with Gasteiger partial charge in [0.15, 0.2) is 0 Å². The maximum atomic E-state index is 12.8. The number of furan rings is 1. The molecule has 0 fully saturated rings. The molecule has 1 aromatic heterocycles. The van der Waals surface area contributed by atoms with Gasteiger partial charge < -0.3 is 14.8 Å². The number of aromatic carboxylic acids is 1. The molecular weight excluding hydrogens is 368 g/mol. The third kappa shape index (κ3) is 3.67. The lowest BCUT2D eigenvalue weighted by atomic mass is 10.1. The maximum Gasteiger partial charge on any atom is 0.372 e. The number of nitrogens with one attached hydrogen (secondary N) is 2. The van der Waals surface area contributed by atoms with Crippen molar-refractivity contribution in [2.45, 2.75) is 24.8 Å². The molecule has 2 aromatic carbocycles. The number of anilines is 1. The molecule has 0 aliphatic heterocycles. The van der Waals surface area contributed by atoms with E-state index in [9.17, 15) is 13.2 Å². The zero-order chi connectivity index (χ0) is 19.8. The first-order valence-corrected chi connectivity index (χ1v) is 9.77. The van der Waals surface area contributed by atoms with Gasteiger partial charge in [0, 0.05) is 29.7 Å². The van der Waals surface area contributed by atoms with Crippen LogP contribution in [0.3, 0.4) is 0 Å². The van der Waals surface area contributed by atoms with Crippen LogP contribution in [0, 0.1) is 6.92 Å². The van der Waals surface area contributed by atoms with Crippen molar-refractivity contribution in [3.8, 4) is 0 Å². The summed E-state index contributed by atoms with van der Waals surface area (Å²) < 4.78 is 33.5. The topological polar surface area (TPSA) is 109 Å². The van der Waals surface area contributed by atoms with E-state index in [1.807, 2.05) is 31.3 Å². The smallest absolute Gasteiger partial charge is 0.372 e. The average Bonchev–Trinajstić information content (AvgIpc) is 2.98. The number of rotatable bonds is 6. The molecular formula is C19H20N2O5S. The van der Waals surface area contributed by atoms with Gasteiger partial charge in [0.05, 0.1) is 4.90 Å². The van der Waals surface area contributed by atoms with Gasteiger partial charge in [-0.3, -0.25) is 0 Å². The Morgan fingerprint density at radius 2 is 1.81 bits per heavy atom. The van der Waals surface area contributed by atoms with Gasteiger partial charge in [-0.1, -0.05) is 12.1 Å². The molecule has 8 heteroatoms. The van der Waals surface area contributed by atoms with Crippen LogP contribution in [-0.2, 0) is 10.0 Å². The summed E-state index contributed by atoms with van der Waals surface area (Å²) in [6.07, 6.45) is 0. The van der Waals surface area contributed by atoms with Crippen molar-refractivity contribution in [3.63, 3.8) is 0 Å². The summed E-state index contributed by atoms with van der Waals surface area (Å²) in [7, 11) is -1.99. The highest BCUT2D eigenvalue weighted by molar-refractivity contribution is 7.89. The zero-order valence-electron chi connectivity index (χ0n) is 15.1. The molecule has 7 nitrogen and oxygen atoms in total. The molecule has 0 aliphatic rings. The van der Waals surface area contributed by atoms with Crippen LogP contribution >= 0.6 is 0 Å². The van der Waals surface area contributed by atoms with E-state index < -0.39 is 22.0 Å². The van der Waals surface area contributed by atoms with Gasteiger partial charge in [-0.25, -0.2) is 17.9 Å². The van der Waals surface area contributed by atoms with Gasteiger partial charge in [-0.05, 0) is 49.7 Å². The predicted molar refractivity (Wildman–Crippen MR) is 103 cm³/mol. The van der Waals surface area contributed by atoms with Gasteiger partial charge in [0.1, 0.15) is 5.58 Å². The Kier molecular flexibility index (Phi) is 4.95. The average molecular weight is 388 g/mol. The van der Waals surface area contributed by atoms with Crippen LogP contribution < -0.4 is 10.0 Å². The van der Waals surface area contributed by atoms with Gasteiger partial charge >= 0.3 is 5.97 Å². The first-order valence-electron chi connectivity index (χ1n) is 8.29. The van der Waals surface area contributed by atoms with Crippen molar-refractivity contribution in [3.05, 3.63) is 59.4 Å². The lowest BCUT2D eigenvalue weighted by Gasteiger charge is -2.15. The number of carboxylic acids is 1. The third-order valence-electron chi connectivity index (χ3n) is 4.44. The van der Waals surface area contributed by atoms with E-state index >= 15 is 0 Å². The lowest BCUT2D eigenvalue weighted by molar-refractivity contribution is 0.0664. The number of fused-ring (bicyclic) bond motifs is 1. The largest absolute Gasteiger partial charge is 0.475 e. The normalized spacial score (nSPS) is 12.9. The van der Waals surface area contributed by atoms with Crippen molar-refractivity contribution in [1.82, 2.24) is 4.72 Å². The fourth-order valence-electron chi connectivity index (χ4n) is 2.88. The first kappa shape index (κ1) is 18.9. The molecule has 3 N–H and O–H groups in total. The van der Waals surface area contributed by atoms with E-state index in [1.54, 1.807) is 13.8 Å². The molecule has 3 rings (SSSR count). The highest BCUT2D eigenvalue weighted by Crippen LogP contribution is 2.28. The first-order chi connectivity index (χ1) is 12.7. The van der Waals surface area contributed by atoms with E-state index in [0.29, 0.717) is 16.5 Å². The Morgan fingerprint density at radius 3 is 2.41 bits per heavy atom. The molecule has 1 atom stereocenters. The minimum absolute atomic E-state index is 0.0505. The zero-order valence-corrected chi connectivity index (χ0v) is 15.9. The van der Waals surface area contributed by atoms with Crippen LogP contribution in [0.25, 0.3) is 11.0 Å². The minimum atomic E-state index is -3.80. The highest BCUT2D eigenvalue weighted by atomic mass is 32.2. The minimum Gasteiger partial charge on any atom is -0.475 e. The number of benzene rings is 2. The SMILES string of the molecule is CNc1ccc(C(C)NS(=O)(=O)c2ccc3oc(C(=O)O)c(C)c3c2)cc1. The molecule has 0 saturated carbocycles. The number of hydrogen-bond acceptors (Lipinski definition) is 5. The van der Waals surface area contributed by atoms with E-state index in [-0.39, 0.29) is 10.7 Å². The molecule has 1 heterocycles. The standard InChI is InChI=1S/C19H20N2O5S/c1-11-16-10-15(8-9-17(16)26-18(11)19(22)23)27(24,25)21-12(2)13-4-6-14(20-3)7-5-13/h4-10,12,20-21H,1-3H3,(H,22,23). The van der Waals surface area contributed by atoms with Crippen LogP contribution in [0.1, 0.15) is 34.6 Å². The fourth-order valence-corrected chi connectivity index (χ4v) is 4.14. The summed E-state index contributed by atoms with van der Waals surface area (Å²) in [6.45, 7) is 3.35. The summed E-state index contributed by atoms with van der Waals surface area (Å²) in [5.74, 6) is -1.38. The molecule has 3 aromatic rings. The Hall–Kier alpha value is -2.84. The molecule has 1 unspecified atom stereocenters. The molecule has 0 aliphatic carbocycles. The molecule has 0 saturated heterocycles. The van der Waals surface area contributed by atoms with Crippen molar-refractivity contribution in [2.75, 3.05) is 12.4 Å². The quantitative estimate of drug-likeness (QED) is 0.596. The lowest BCUT2D eigenvalue weighted by Crippen LogP contribution is -2.26. The Labute approximate surface area is 157 Å². The number of carbonyl (C=O) groups is 1. The van der Waals surface area contributed by atoms with Crippen molar-refractivity contribution < 1.29 is 22.7 Å². The second-order valence-electron chi connectivity index (χ2n) is 6.23. The van der Waals surface area contributed by atoms with Crippen molar-refractivity contribution in [2.24, 2.45) is 0 Å². The summed E-state index contributed by atoms with van der Waals surface area (Å²) in [5, 5.41) is 12.6. The molecule has 27 heavy (non-hydrogen) atoms. The second-order valence-corrected chi connectivity index (χ2v) is 7.95. The summed E-state index contributed by atoms with van der Waals surface area (Å²) >= 11 is 0. The monoisotopic (exact) mass is 388 g/mol. The predicted octanol–water partition coefficient (Wildman–Crippen LogP) is 3.52. The van der Waals surface area contributed by atoms with Gasteiger partial charge in [0.2, 0.25) is 15.8 Å². The highest BCUT2D eigenvalue weighted by Gasteiger charge is 2.22. The molecule has 0 amide bonds. The number of carboxylic acid groups (broad SMARTS) is 1. The summed E-state index contributed by atoms with van der Waals surface area (Å²) in [4.78, 5) is 11.2. The van der Waals surface area contributed by atoms with E-state index in [1.165, 1.54) is 18.2 Å². The summed E-state index contributed by atoms with van der Waals surface area (Å²) in [6, 6.07) is 11.3. The van der Waals surface area contributed by atoms with E-state index in [0.717, 1.165) is 11.3 Å². The number of aryl methyl sites for hydroxylation is 1. The van der Waals surface area contributed by atoms with Crippen LogP contribution in [0.2, 0.25) is 0 Å². The Balaban J connectivity index is 1.91. The van der Waals surface area contributed by atoms with Crippen molar-refractivity contribution >= 4 is 32.6 Å². The van der Waals surface area contributed by atoms with Crippen LogP contribution in [0.4, 0.5) is 5.69 Å². The number of sulfonamides is 1. The van der Waals surface area contributed by atoms with Crippen LogP contribution in [-0.4, -0.2) is 26.5 Å². The third-order valence-corrected chi connectivity index (χ3v) is 5.98. The van der Waals surface area contributed by atoms with Gasteiger partial charge in [0.25, 0.3) is 0 Å². The summed E-state index contributed by atoms with van der Waals surface area (Å²) in [5.41, 5.74) is 2.49. The van der Waals surface area contributed by atoms with E-state index in [2.05, 4.69) is 10.0 Å². The second kappa shape index (κ2) is 7.05. The maximum absolute atomic E-state index is 12.8. The van der Waals surface area contributed by atoms with Crippen LogP contribution in [0.15, 0.2) is 51.8 Å². The van der Waals surface area contributed by atoms with Crippen LogP contribution in [0.5, 0.6) is 0 Å². The van der Waals surface area contributed by atoms with Gasteiger partial charge in [-0.15, -0.1) is 0 Å². The van der Waals surface area contributed by atoms with Crippen molar-refractivity contribution in [1.29, 1.82) is 0 Å².